The van der Waals surface area contributed by atoms with Gasteiger partial charge in [-0.2, -0.15) is 4.31 Å². The van der Waals surface area contributed by atoms with E-state index in [4.69, 9.17) is 0 Å². The molecule has 0 bridgehead atoms. The number of aryl methyl sites for hydroxylation is 4. The standard InChI is InChI=1S/C22H27BrN2O3S/c1-14-11-16(3)21(17(4)12-14)29(27,28)25-9-7-18(8-10-25)22(26)24-19-5-6-20(23)15(2)13-19/h5-6,11-13,18H,7-10H2,1-4H3,(H,24,26). The molecule has 1 N–H and O–H groups in total. The van der Waals surface area contributed by atoms with Crippen LogP contribution >= 0.6 is 15.9 Å². The van der Waals surface area contributed by atoms with E-state index in [0.29, 0.717) is 30.8 Å². The van der Waals surface area contributed by atoms with Crippen molar-refractivity contribution in [3.05, 3.63) is 57.1 Å². The maximum Gasteiger partial charge on any atom is 0.243 e. The predicted molar refractivity (Wildman–Crippen MR) is 120 cm³/mol. The van der Waals surface area contributed by atoms with Crippen molar-refractivity contribution in [3.8, 4) is 0 Å². The van der Waals surface area contributed by atoms with E-state index in [1.807, 2.05) is 58.0 Å². The van der Waals surface area contributed by atoms with Crippen LogP contribution in [0.15, 0.2) is 39.7 Å². The minimum absolute atomic E-state index is 0.0496. The molecule has 1 amide bonds. The molecule has 5 nitrogen and oxygen atoms in total. The second-order valence-corrected chi connectivity index (χ2v) is 10.6. The number of sulfonamides is 1. The summed E-state index contributed by atoms with van der Waals surface area (Å²) < 4.78 is 28.9. The van der Waals surface area contributed by atoms with Crippen molar-refractivity contribution >= 4 is 37.5 Å². The molecule has 0 spiro atoms. The highest BCUT2D eigenvalue weighted by atomic mass is 79.9. The molecule has 1 saturated heterocycles. The van der Waals surface area contributed by atoms with Crippen LogP contribution in [0.2, 0.25) is 0 Å². The molecule has 0 atom stereocenters. The smallest absolute Gasteiger partial charge is 0.243 e. The van der Waals surface area contributed by atoms with E-state index in [9.17, 15) is 13.2 Å². The molecule has 0 radical (unpaired) electrons. The Hall–Kier alpha value is -1.70. The number of nitrogens with one attached hydrogen (secondary N) is 1. The molecule has 0 saturated carbocycles. The Morgan fingerprint density at radius 2 is 1.59 bits per heavy atom. The van der Waals surface area contributed by atoms with Gasteiger partial charge < -0.3 is 5.32 Å². The van der Waals surface area contributed by atoms with Gasteiger partial charge in [-0.3, -0.25) is 4.79 Å². The van der Waals surface area contributed by atoms with Crippen LogP contribution in [-0.2, 0) is 14.8 Å². The molecule has 1 aliphatic rings. The predicted octanol–water partition coefficient (Wildman–Crippen LogP) is 4.72. The second-order valence-electron chi connectivity index (χ2n) is 7.86. The summed E-state index contributed by atoms with van der Waals surface area (Å²) in [5.41, 5.74) is 4.41. The topological polar surface area (TPSA) is 66.5 Å². The number of carbonyl (C=O) groups is 1. The Balaban J connectivity index is 1.68. The van der Waals surface area contributed by atoms with E-state index >= 15 is 0 Å². The molecule has 2 aromatic rings. The van der Waals surface area contributed by atoms with E-state index in [1.165, 1.54) is 4.31 Å². The van der Waals surface area contributed by atoms with Crippen molar-refractivity contribution in [2.45, 2.75) is 45.4 Å². The minimum atomic E-state index is -3.56. The van der Waals surface area contributed by atoms with Gasteiger partial charge in [0.1, 0.15) is 0 Å². The minimum Gasteiger partial charge on any atom is -0.326 e. The number of benzene rings is 2. The van der Waals surface area contributed by atoms with E-state index in [2.05, 4.69) is 21.2 Å². The van der Waals surface area contributed by atoms with Crippen LogP contribution in [0.5, 0.6) is 0 Å². The van der Waals surface area contributed by atoms with E-state index in [1.54, 1.807) is 0 Å². The van der Waals surface area contributed by atoms with E-state index < -0.39 is 10.0 Å². The molecular formula is C22H27BrN2O3S. The molecule has 7 heteroatoms. The quantitative estimate of drug-likeness (QED) is 0.690. The van der Waals surface area contributed by atoms with Crippen LogP contribution in [0.4, 0.5) is 5.69 Å². The molecule has 156 valence electrons. The van der Waals surface area contributed by atoms with Crippen LogP contribution in [0.1, 0.15) is 35.1 Å². The Morgan fingerprint density at radius 1 is 1.00 bits per heavy atom. The van der Waals surface area contributed by atoms with Gasteiger partial charge in [0.15, 0.2) is 0 Å². The lowest BCUT2D eigenvalue weighted by Gasteiger charge is -2.31. The highest BCUT2D eigenvalue weighted by molar-refractivity contribution is 9.10. The van der Waals surface area contributed by atoms with Gasteiger partial charge in [-0.25, -0.2) is 8.42 Å². The van der Waals surface area contributed by atoms with Crippen molar-refractivity contribution < 1.29 is 13.2 Å². The SMILES string of the molecule is Cc1cc(C)c(S(=O)(=O)N2CCC(C(=O)Nc3ccc(Br)c(C)c3)CC2)c(C)c1. The zero-order valence-electron chi connectivity index (χ0n) is 17.3. The van der Waals surface area contributed by atoms with E-state index in [-0.39, 0.29) is 11.8 Å². The van der Waals surface area contributed by atoms with Gasteiger partial charge in [0.05, 0.1) is 4.90 Å². The highest BCUT2D eigenvalue weighted by Crippen LogP contribution is 2.29. The Kier molecular flexibility index (Phi) is 6.51. The van der Waals surface area contributed by atoms with Gasteiger partial charge in [0.2, 0.25) is 15.9 Å². The zero-order valence-corrected chi connectivity index (χ0v) is 19.7. The van der Waals surface area contributed by atoms with Crippen LogP contribution in [0, 0.1) is 33.6 Å². The number of piperidine rings is 1. The number of amides is 1. The lowest BCUT2D eigenvalue weighted by Crippen LogP contribution is -2.41. The Bertz CT molecular complexity index is 1020. The summed E-state index contributed by atoms with van der Waals surface area (Å²) in [6.07, 6.45) is 1.04. The van der Waals surface area contributed by atoms with Crippen LogP contribution < -0.4 is 5.32 Å². The maximum atomic E-state index is 13.2. The molecule has 1 fully saturated rings. The molecule has 0 aromatic heterocycles. The first-order chi connectivity index (χ1) is 13.6. The average molecular weight is 479 g/mol. The number of hydrogen-bond donors (Lipinski definition) is 1. The van der Waals surface area contributed by atoms with Gasteiger partial charge in [0, 0.05) is 29.2 Å². The largest absolute Gasteiger partial charge is 0.326 e. The third-order valence-corrected chi connectivity index (χ3v) is 8.55. The molecule has 1 heterocycles. The fraction of sp³-hybridized carbons (Fsp3) is 0.409. The first-order valence-electron chi connectivity index (χ1n) is 9.74. The summed E-state index contributed by atoms with van der Waals surface area (Å²) in [5.74, 6) is -0.239. The Morgan fingerprint density at radius 3 is 2.14 bits per heavy atom. The Labute approximate surface area is 181 Å². The summed E-state index contributed by atoms with van der Waals surface area (Å²) in [5, 5.41) is 2.96. The summed E-state index contributed by atoms with van der Waals surface area (Å²) >= 11 is 3.46. The van der Waals surface area contributed by atoms with Gasteiger partial charge in [-0.05, 0) is 75.4 Å². The van der Waals surface area contributed by atoms with Crippen LogP contribution in [-0.4, -0.2) is 31.7 Å². The highest BCUT2D eigenvalue weighted by Gasteiger charge is 2.33. The fourth-order valence-electron chi connectivity index (χ4n) is 4.03. The van der Waals surface area contributed by atoms with Crippen molar-refractivity contribution in [1.82, 2.24) is 4.31 Å². The molecule has 0 aliphatic carbocycles. The first kappa shape index (κ1) is 22.0. The summed E-state index contributed by atoms with van der Waals surface area (Å²) in [4.78, 5) is 13.0. The van der Waals surface area contributed by atoms with Gasteiger partial charge in [0.25, 0.3) is 0 Å². The summed E-state index contributed by atoms with van der Waals surface area (Å²) in [6.45, 7) is 8.32. The van der Waals surface area contributed by atoms with Crippen molar-refractivity contribution in [3.63, 3.8) is 0 Å². The van der Waals surface area contributed by atoms with Gasteiger partial charge in [-0.15, -0.1) is 0 Å². The number of carbonyl (C=O) groups excluding carboxylic acids is 1. The van der Waals surface area contributed by atoms with Crippen molar-refractivity contribution in [1.29, 1.82) is 0 Å². The van der Waals surface area contributed by atoms with Crippen molar-refractivity contribution in [2.24, 2.45) is 5.92 Å². The summed E-state index contributed by atoms with van der Waals surface area (Å²) in [7, 11) is -3.56. The third-order valence-electron chi connectivity index (χ3n) is 5.45. The molecule has 3 rings (SSSR count). The zero-order chi connectivity index (χ0) is 21.3. The van der Waals surface area contributed by atoms with Crippen molar-refractivity contribution in [2.75, 3.05) is 18.4 Å². The number of anilines is 1. The average Bonchev–Trinajstić information content (AvgIpc) is 2.63. The monoisotopic (exact) mass is 478 g/mol. The number of nitrogens with zero attached hydrogens (tertiary/aromatic N) is 1. The van der Waals surface area contributed by atoms with Crippen LogP contribution in [0.3, 0.4) is 0 Å². The van der Waals surface area contributed by atoms with Gasteiger partial charge in [-0.1, -0.05) is 33.6 Å². The fourth-order valence-corrected chi connectivity index (χ4v) is 6.16. The second kappa shape index (κ2) is 8.58. The number of halogens is 1. The first-order valence-corrected chi connectivity index (χ1v) is 12.0. The lowest BCUT2D eigenvalue weighted by molar-refractivity contribution is -0.120. The molecule has 1 aliphatic heterocycles. The molecule has 2 aromatic carbocycles. The number of hydrogen-bond acceptors (Lipinski definition) is 3. The van der Waals surface area contributed by atoms with Gasteiger partial charge >= 0.3 is 0 Å². The van der Waals surface area contributed by atoms with E-state index in [0.717, 1.165) is 32.4 Å². The molecular weight excluding hydrogens is 452 g/mol. The lowest BCUT2D eigenvalue weighted by atomic mass is 9.97. The number of rotatable bonds is 4. The summed E-state index contributed by atoms with van der Waals surface area (Å²) in [6, 6.07) is 9.50. The maximum absolute atomic E-state index is 13.2. The molecule has 0 unspecified atom stereocenters. The normalized spacial score (nSPS) is 16.0. The van der Waals surface area contributed by atoms with Crippen LogP contribution in [0.25, 0.3) is 0 Å². The molecule has 29 heavy (non-hydrogen) atoms. The third kappa shape index (κ3) is 4.73.